The Hall–Kier alpha value is -1.96. The van der Waals surface area contributed by atoms with Crippen molar-refractivity contribution < 1.29 is 27.4 Å². The first-order chi connectivity index (χ1) is 13.8. The number of hydrogen-bond donors (Lipinski definition) is 0. The largest absolute Gasteiger partial charge is 0.494 e. The van der Waals surface area contributed by atoms with Crippen LogP contribution in [-0.2, 0) is 19.4 Å². The van der Waals surface area contributed by atoms with Gasteiger partial charge in [-0.2, -0.15) is 0 Å². The van der Waals surface area contributed by atoms with E-state index < -0.39 is 21.9 Å². The minimum Gasteiger partial charge on any atom is -0.494 e. The summed E-state index contributed by atoms with van der Waals surface area (Å²) in [5.74, 6) is 0.449. The highest BCUT2D eigenvalue weighted by molar-refractivity contribution is 7.91. The zero-order chi connectivity index (χ0) is 21.4. The summed E-state index contributed by atoms with van der Waals surface area (Å²) in [4.78, 5) is 11.2. The van der Waals surface area contributed by atoms with E-state index in [1.54, 1.807) is 12.1 Å². The SMILES string of the molecule is CCCOc1ccc(S(=O)(=O)c2ccc(OC[C@H](CCl)OC(C)=O)c(Cl)c2)cc1. The molecule has 2 aromatic rings. The summed E-state index contributed by atoms with van der Waals surface area (Å²) in [7, 11) is -3.75. The van der Waals surface area contributed by atoms with Crippen molar-refractivity contribution in [3.05, 3.63) is 47.5 Å². The summed E-state index contributed by atoms with van der Waals surface area (Å²) >= 11 is 11.9. The number of halogens is 2. The normalized spacial score (nSPS) is 12.3. The van der Waals surface area contributed by atoms with Gasteiger partial charge in [0.05, 0.1) is 27.3 Å². The van der Waals surface area contributed by atoms with Gasteiger partial charge in [0.1, 0.15) is 24.2 Å². The molecule has 29 heavy (non-hydrogen) atoms. The molecule has 158 valence electrons. The maximum atomic E-state index is 12.8. The Morgan fingerprint density at radius 2 is 1.72 bits per heavy atom. The summed E-state index contributed by atoms with van der Waals surface area (Å²) in [6, 6.07) is 10.4. The molecule has 6 nitrogen and oxygen atoms in total. The molecule has 0 aromatic heterocycles. The molecule has 0 bridgehead atoms. The Morgan fingerprint density at radius 3 is 2.28 bits per heavy atom. The molecule has 0 aliphatic heterocycles. The van der Waals surface area contributed by atoms with E-state index in [0.717, 1.165) is 6.42 Å². The van der Waals surface area contributed by atoms with Crippen molar-refractivity contribution in [2.45, 2.75) is 36.2 Å². The van der Waals surface area contributed by atoms with Crippen LogP contribution in [-0.4, -0.2) is 39.6 Å². The third kappa shape index (κ3) is 6.52. The monoisotopic (exact) mass is 460 g/mol. The zero-order valence-corrected chi connectivity index (χ0v) is 18.4. The van der Waals surface area contributed by atoms with Gasteiger partial charge < -0.3 is 14.2 Å². The van der Waals surface area contributed by atoms with Crippen LogP contribution in [0.5, 0.6) is 11.5 Å². The second kappa shape index (κ2) is 10.7. The fraction of sp³-hybridized carbons (Fsp3) is 0.350. The minimum atomic E-state index is -3.75. The van der Waals surface area contributed by atoms with Crippen molar-refractivity contribution in [2.75, 3.05) is 19.1 Å². The van der Waals surface area contributed by atoms with E-state index in [9.17, 15) is 13.2 Å². The molecule has 2 rings (SSSR count). The van der Waals surface area contributed by atoms with E-state index >= 15 is 0 Å². The van der Waals surface area contributed by atoms with E-state index in [-0.39, 0.29) is 33.0 Å². The molecule has 0 heterocycles. The maximum absolute atomic E-state index is 12.8. The first kappa shape index (κ1) is 23.3. The van der Waals surface area contributed by atoms with Crippen LogP contribution in [0, 0.1) is 0 Å². The summed E-state index contributed by atoms with van der Waals surface area (Å²) in [6.07, 6.45) is 0.224. The molecule has 0 aliphatic carbocycles. The van der Waals surface area contributed by atoms with Crippen LogP contribution in [0.2, 0.25) is 5.02 Å². The van der Waals surface area contributed by atoms with Gasteiger partial charge in [-0.1, -0.05) is 18.5 Å². The van der Waals surface area contributed by atoms with Crippen molar-refractivity contribution in [1.29, 1.82) is 0 Å². The summed E-state index contributed by atoms with van der Waals surface area (Å²) in [5.41, 5.74) is 0. The first-order valence-corrected chi connectivity index (χ1v) is 11.3. The van der Waals surface area contributed by atoms with Gasteiger partial charge in [0.15, 0.2) is 0 Å². The number of sulfone groups is 1. The Labute approximate surface area is 180 Å². The highest BCUT2D eigenvalue weighted by Gasteiger charge is 2.20. The van der Waals surface area contributed by atoms with Crippen molar-refractivity contribution in [3.63, 3.8) is 0 Å². The summed E-state index contributed by atoms with van der Waals surface area (Å²) in [6.45, 7) is 3.82. The molecule has 0 aliphatic rings. The van der Waals surface area contributed by atoms with Gasteiger partial charge in [-0.15, -0.1) is 11.6 Å². The van der Waals surface area contributed by atoms with Gasteiger partial charge in [0, 0.05) is 6.92 Å². The molecule has 0 fully saturated rings. The molecule has 9 heteroatoms. The van der Waals surface area contributed by atoms with E-state index in [1.807, 2.05) is 6.92 Å². The van der Waals surface area contributed by atoms with Crippen LogP contribution >= 0.6 is 23.2 Å². The molecule has 0 unspecified atom stereocenters. The highest BCUT2D eigenvalue weighted by atomic mass is 35.5. The van der Waals surface area contributed by atoms with Crippen LogP contribution in [0.15, 0.2) is 52.3 Å². The molecule has 0 spiro atoms. The Morgan fingerprint density at radius 1 is 1.07 bits per heavy atom. The third-order valence-electron chi connectivity index (χ3n) is 3.75. The Bertz CT molecular complexity index is 928. The highest BCUT2D eigenvalue weighted by Crippen LogP contribution is 2.31. The number of carbonyl (C=O) groups is 1. The van der Waals surface area contributed by atoms with Crippen LogP contribution in [0.25, 0.3) is 0 Å². The average Bonchev–Trinajstić information content (AvgIpc) is 2.70. The number of alkyl halides is 1. The van der Waals surface area contributed by atoms with E-state index in [1.165, 1.54) is 37.3 Å². The lowest BCUT2D eigenvalue weighted by molar-refractivity contribution is -0.146. The lowest BCUT2D eigenvalue weighted by atomic mass is 10.3. The Kier molecular flexibility index (Phi) is 8.61. The predicted octanol–water partition coefficient (Wildman–Crippen LogP) is 4.51. The van der Waals surface area contributed by atoms with Crippen molar-refractivity contribution >= 4 is 39.0 Å². The topological polar surface area (TPSA) is 78.9 Å². The molecular weight excluding hydrogens is 439 g/mol. The summed E-state index contributed by atoms with van der Waals surface area (Å²) in [5, 5.41) is 0.116. The number of carbonyl (C=O) groups excluding carboxylic acids is 1. The number of benzene rings is 2. The van der Waals surface area contributed by atoms with Gasteiger partial charge in [-0.25, -0.2) is 8.42 Å². The number of hydrogen-bond acceptors (Lipinski definition) is 6. The lowest BCUT2D eigenvalue weighted by Crippen LogP contribution is -2.25. The molecule has 0 saturated heterocycles. The van der Waals surface area contributed by atoms with Crippen LogP contribution in [0.3, 0.4) is 0 Å². The van der Waals surface area contributed by atoms with Crippen LogP contribution in [0.1, 0.15) is 20.3 Å². The molecule has 0 N–H and O–H groups in total. The van der Waals surface area contributed by atoms with Crippen molar-refractivity contribution in [1.82, 2.24) is 0 Å². The number of ether oxygens (including phenoxy) is 3. The second-order valence-electron chi connectivity index (χ2n) is 6.11. The molecule has 0 radical (unpaired) electrons. The van der Waals surface area contributed by atoms with E-state index in [2.05, 4.69) is 0 Å². The predicted molar refractivity (Wildman–Crippen MR) is 111 cm³/mol. The quantitative estimate of drug-likeness (QED) is 0.383. The molecule has 1 atom stereocenters. The van der Waals surface area contributed by atoms with Crippen molar-refractivity contribution in [3.8, 4) is 11.5 Å². The van der Waals surface area contributed by atoms with Gasteiger partial charge in [0.25, 0.3) is 0 Å². The number of esters is 1. The molecule has 0 saturated carbocycles. The van der Waals surface area contributed by atoms with E-state index in [0.29, 0.717) is 12.4 Å². The fourth-order valence-corrected chi connectivity index (χ4v) is 4.10. The average molecular weight is 461 g/mol. The summed E-state index contributed by atoms with van der Waals surface area (Å²) < 4.78 is 41.7. The third-order valence-corrected chi connectivity index (χ3v) is 6.16. The van der Waals surface area contributed by atoms with Gasteiger partial charge in [0.2, 0.25) is 9.84 Å². The van der Waals surface area contributed by atoms with Crippen molar-refractivity contribution in [2.24, 2.45) is 0 Å². The standard InChI is InChI=1S/C20H22Cl2O6S/c1-3-10-26-15-4-6-17(7-5-15)29(24,25)18-8-9-20(19(22)11-18)27-13-16(12-21)28-14(2)23/h4-9,11,16H,3,10,12-13H2,1-2H3/t16-/m0/s1. The molecule has 0 amide bonds. The van der Waals surface area contributed by atoms with Crippen LogP contribution in [0.4, 0.5) is 0 Å². The van der Waals surface area contributed by atoms with Crippen LogP contribution < -0.4 is 9.47 Å². The number of rotatable bonds is 10. The first-order valence-electron chi connectivity index (χ1n) is 8.91. The smallest absolute Gasteiger partial charge is 0.303 e. The zero-order valence-electron chi connectivity index (χ0n) is 16.1. The Balaban J connectivity index is 2.14. The molecular formula is C20H22Cl2O6S. The molecule has 2 aromatic carbocycles. The van der Waals surface area contributed by atoms with E-state index in [4.69, 9.17) is 37.4 Å². The second-order valence-corrected chi connectivity index (χ2v) is 8.78. The maximum Gasteiger partial charge on any atom is 0.303 e. The fourth-order valence-electron chi connectivity index (χ4n) is 2.36. The van der Waals surface area contributed by atoms with Gasteiger partial charge in [-0.3, -0.25) is 4.79 Å². The lowest BCUT2D eigenvalue weighted by Gasteiger charge is -2.16. The van der Waals surface area contributed by atoms with Gasteiger partial charge >= 0.3 is 5.97 Å². The minimum absolute atomic E-state index is 0.00583. The van der Waals surface area contributed by atoms with Gasteiger partial charge in [-0.05, 0) is 48.9 Å².